The van der Waals surface area contributed by atoms with Gasteiger partial charge in [-0.15, -0.1) is 0 Å². The summed E-state index contributed by atoms with van der Waals surface area (Å²) < 4.78 is 3.21. The number of carbonyl (C=O) groups is 1. The Bertz CT molecular complexity index is 617. The van der Waals surface area contributed by atoms with Crippen molar-refractivity contribution in [3.63, 3.8) is 0 Å². The summed E-state index contributed by atoms with van der Waals surface area (Å²) in [4.78, 5) is 15.3. The van der Waals surface area contributed by atoms with Gasteiger partial charge in [-0.1, -0.05) is 15.9 Å². The molecule has 1 heterocycles. The second-order valence-corrected chi connectivity index (χ2v) is 5.57. The van der Waals surface area contributed by atoms with Crippen LogP contribution in [0.25, 0.3) is 11.0 Å². The molecular formula is C13H13BrN2O2. The van der Waals surface area contributed by atoms with Gasteiger partial charge < -0.3 is 9.67 Å². The van der Waals surface area contributed by atoms with E-state index in [2.05, 4.69) is 31.5 Å². The molecule has 1 N–H and O–H groups in total. The Hall–Kier alpha value is -1.36. The Labute approximate surface area is 113 Å². The highest BCUT2D eigenvalue weighted by Gasteiger charge is 2.28. The van der Waals surface area contributed by atoms with Crippen molar-refractivity contribution in [3.05, 3.63) is 28.5 Å². The predicted molar refractivity (Wildman–Crippen MR) is 71.7 cm³/mol. The van der Waals surface area contributed by atoms with Crippen LogP contribution in [-0.2, 0) is 11.2 Å². The van der Waals surface area contributed by atoms with E-state index in [1.165, 1.54) is 12.8 Å². The number of rotatable bonds is 4. The minimum absolute atomic E-state index is 0.136. The van der Waals surface area contributed by atoms with Crippen molar-refractivity contribution in [3.8, 4) is 0 Å². The molecule has 0 atom stereocenters. The number of halogens is 1. The minimum atomic E-state index is -0.773. The molecule has 0 aliphatic heterocycles. The normalized spacial score (nSPS) is 15.2. The van der Waals surface area contributed by atoms with E-state index in [4.69, 9.17) is 5.11 Å². The zero-order chi connectivity index (χ0) is 12.7. The Morgan fingerprint density at radius 3 is 2.94 bits per heavy atom. The molecule has 4 nitrogen and oxygen atoms in total. The molecule has 0 radical (unpaired) electrons. The van der Waals surface area contributed by atoms with Gasteiger partial charge in [0.25, 0.3) is 0 Å². The van der Waals surface area contributed by atoms with Gasteiger partial charge in [0, 0.05) is 16.9 Å². The molecule has 1 aliphatic carbocycles. The largest absolute Gasteiger partial charge is 0.481 e. The highest BCUT2D eigenvalue weighted by Crippen LogP contribution is 2.39. The molecule has 1 fully saturated rings. The third kappa shape index (κ3) is 2.14. The molecule has 3 rings (SSSR count). The van der Waals surface area contributed by atoms with Crippen LogP contribution in [0.3, 0.4) is 0 Å². The monoisotopic (exact) mass is 308 g/mol. The van der Waals surface area contributed by atoms with E-state index in [-0.39, 0.29) is 6.42 Å². The van der Waals surface area contributed by atoms with Crippen LogP contribution in [0, 0.1) is 0 Å². The van der Waals surface area contributed by atoms with Crippen LogP contribution in [0.5, 0.6) is 0 Å². The first-order chi connectivity index (χ1) is 8.65. The zero-order valence-corrected chi connectivity index (χ0v) is 11.4. The zero-order valence-electron chi connectivity index (χ0n) is 9.77. The summed E-state index contributed by atoms with van der Waals surface area (Å²) in [7, 11) is 0. The number of hydrogen-bond donors (Lipinski definition) is 1. The third-order valence-electron chi connectivity index (χ3n) is 3.20. The first kappa shape index (κ1) is 11.7. The van der Waals surface area contributed by atoms with Gasteiger partial charge in [0.15, 0.2) is 0 Å². The standard InChI is InChI=1S/C13H13BrN2O2/c14-8-1-4-11-10(7-8)15-12(5-6-13(17)18)16(11)9-2-3-9/h1,4,7,9H,2-3,5-6H2,(H,17,18). The van der Waals surface area contributed by atoms with Crippen LogP contribution < -0.4 is 0 Å². The number of aromatic nitrogens is 2. The minimum Gasteiger partial charge on any atom is -0.481 e. The summed E-state index contributed by atoms with van der Waals surface area (Å²) in [5.41, 5.74) is 2.05. The van der Waals surface area contributed by atoms with Crippen molar-refractivity contribution in [1.29, 1.82) is 0 Å². The molecule has 94 valence electrons. The first-order valence-electron chi connectivity index (χ1n) is 6.03. The number of aliphatic carboxylic acids is 1. The van der Waals surface area contributed by atoms with Gasteiger partial charge in [0.1, 0.15) is 5.82 Å². The number of hydrogen-bond acceptors (Lipinski definition) is 2. The van der Waals surface area contributed by atoms with E-state index in [1.807, 2.05) is 12.1 Å². The fourth-order valence-corrected chi connectivity index (χ4v) is 2.61. The van der Waals surface area contributed by atoms with Crippen molar-refractivity contribution in [2.75, 3.05) is 0 Å². The van der Waals surface area contributed by atoms with Crippen LogP contribution in [0.2, 0.25) is 0 Å². The number of carboxylic acid groups (broad SMARTS) is 1. The first-order valence-corrected chi connectivity index (χ1v) is 6.82. The second-order valence-electron chi connectivity index (χ2n) is 4.66. The Morgan fingerprint density at radius 2 is 2.28 bits per heavy atom. The average Bonchev–Trinajstić information content (AvgIpc) is 3.08. The molecule has 2 aromatic rings. The van der Waals surface area contributed by atoms with E-state index in [0.29, 0.717) is 12.5 Å². The van der Waals surface area contributed by atoms with E-state index in [0.717, 1.165) is 21.3 Å². The van der Waals surface area contributed by atoms with Crippen molar-refractivity contribution in [2.24, 2.45) is 0 Å². The average molecular weight is 309 g/mol. The smallest absolute Gasteiger partial charge is 0.303 e. The highest BCUT2D eigenvalue weighted by molar-refractivity contribution is 9.10. The maximum Gasteiger partial charge on any atom is 0.303 e. The summed E-state index contributed by atoms with van der Waals surface area (Å²) in [6.07, 6.45) is 2.97. The van der Waals surface area contributed by atoms with Crippen molar-refractivity contribution < 1.29 is 9.90 Å². The molecule has 1 aromatic heterocycles. The van der Waals surface area contributed by atoms with Gasteiger partial charge in [-0.3, -0.25) is 4.79 Å². The fraction of sp³-hybridized carbons (Fsp3) is 0.385. The van der Waals surface area contributed by atoms with Gasteiger partial charge in [-0.25, -0.2) is 4.98 Å². The lowest BCUT2D eigenvalue weighted by molar-refractivity contribution is -0.137. The topological polar surface area (TPSA) is 55.1 Å². The fourth-order valence-electron chi connectivity index (χ4n) is 2.26. The molecule has 0 saturated heterocycles. The summed E-state index contributed by atoms with van der Waals surface area (Å²) >= 11 is 3.44. The van der Waals surface area contributed by atoms with Gasteiger partial charge in [0.2, 0.25) is 0 Å². The third-order valence-corrected chi connectivity index (χ3v) is 3.69. The van der Waals surface area contributed by atoms with Crippen molar-refractivity contribution >= 4 is 32.9 Å². The quantitative estimate of drug-likeness (QED) is 0.944. The number of nitrogens with zero attached hydrogens (tertiary/aromatic N) is 2. The number of benzene rings is 1. The van der Waals surface area contributed by atoms with Gasteiger partial charge in [-0.05, 0) is 31.0 Å². The lowest BCUT2D eigenvalue weighted by atomic mass is 10.3. The number of aryl methyl sites for hydroxylation is 1. The van der Waals surface area contributed by atoms with Crippen molar-refractivity contribution in [1.82, 2.24) is 9.55 Å². The molecule has 18 heavy (non-hydrogen) atoms. The summed E-state index contributed by atoms with van der Waals surface area (Å²) in [5, 5.41) is 8.79. The van der Waals surface area contributed by atoms with Crippen molar-refractivity contribution in [2.45, 2.75) is 31.7 Å². The lowest BCUT2D eigenvalue weighted by Crippen LogP contribution is -2.05. The Morgan fingerprint density at radius 1 is 1.50 bits per heavy atom. The van der Waals surface area contributed by atoms with E-state index in [9.17, 15) is 4.79 Å². The van der Waals surface area contributed by atoms with Gasteiger partial charge >= 0.3 is 5.97 Å². The Kier molecular flexibility index (Phi) is 2.86. The second kappa shape index (κ2) is 4.39. The molecule has 0 bridgehead atoms. The molecule has 1 saturated carbocycles. The summed E-state index contributed by atoms with van der Waals surface area (Å²) in [6, 6.07) is 6.55. The number of carboxylic acids is 1. The molecule has 0 unspecified atom stereocenters. The van der Waals surface area contributed by atoms with Gasteiger partial charge in [-0.2, -0.15) is 0 Å². The maximum absolute atomic E-state index is 10.7. The number of imidazole rings is 1. The highest BCUT2D eigenvalue weighted by atomic mass is 79.9. The molecule has 5 heteroatoms. The summed E-state index contributed by atoms with van der Waals surface area (Å²) in [6.45, 7) is 0. The van der Waals surface area contributed by atoms with E-state index in [1.54, 1.807) is 0 Å². The van der Waals surface area contributed by atoms with Crippen LogP contribution in [0.1, 0.15) is 31.1 Å². The predicted octanol–water partition coefficient (Wildman–Crippen LogP) is 3.15. The lowest BCUT2D eigenvalue weighted by Gasteiger charge is -2.06. The Balaban J connectivity index is 2.05. The molecule has 0 amide bonds. The van der Waals surface area contributed by atoms with Crippen LogP contribution in [0.15, 0.2) is 22.7 Å². The molecular weight excluding hydrogens is 296 g/mol. The van der Waals surface area contributed by atoms with Gasteiger partial charge in [0.05, 0.1) is 17.5 Å². The van der Waals surface area contributed by atoms with Crippen LogP contribution in [0.4, 0.5) is 0 Å². The van der Waals surface area contributed by atoms with Crippen LogP contribution >= 0.6 is 15.9 Å². The SMILES string of the molecule is O=C(O)CCc1nc2cc(Br)ccc2n1C1CC1. The maximum atomic E-state index is 10.7. The summed E-state index contributed by atoms with van der Waals surface area (Å²) in [5.74, 6) is 0.124. The molecule has 1 aromatic carbocycles. The van der Waals surface area contributed by atoms with E-state index >= 15 is 0 Å². The molecule has 0 spiro atoms. The molecule has 1 aliphatic rings. The van der Waals surface area contributed by atoms with E-state index < -0.39 is 5.97 Å². The number of fused-ring (bicyclic) bond motifs is 1. The van der Waals surface area contributed by atoms with Crippen LogP contribution in [-0.4, -0.2) is 20.6 Å².